The molecule has 0 radical (unpaired) electrons. The molecular formula is C21H24N2O6S. The Morgan fingerprint density at radius 2 is 1.73 bits per heavy atom. The minimum Gasteiger partial charge on any atom is -0.496 e. The van der Waals surface area contributed by atoms with Crippen molar-refractivity contribution in [2.45, 2.75) is 24.7 Å². The number of methoxy groups -OCH3 is 1. The third-order valence-electron chi connectivity index (χ3n) is 5.17. The van der Waals surface area contributed by atoms with E-state index in [1.54, 1.807) is 4.90 Å². The highest BCUT2D eigenvalue weighted by atomic mass is 32.2. The molecular weight excluding hydrogens is 408 g/mol. The van der Waals surface area contributed by atoms with Gasteiger partial charge in [0, 0.05) is 18.8 Å². The summed E-state index contributed by atoms with van der Waals surface area (Å²) in [6.07, 6.45) is 1.81. The van der Waals surface area contributed by atoms with Crippen LogP contribution in [-0.2, 0) is 10.0 Å². The van der Waals surface area contributed by atoms with Crippen molar-refractivity contribution in [1.29, 1.82) is 0 Å². The Bertz CT molecular complexity index is 1040. The fourth-order valence-corrected chi connectivity index (χ4v) is 4.38. The molecule has 2 N–H and O–H groups in total. The number of hydrogen-bond acceptors (Lipinski definition) is 5. The number of piperidine rings is 1. The van der Waals surface area contributed by atoms with Crippen molar-refractivity contribution in [1.82, 2.24) is 4.90 Å². The van der Waals surface area contributed by atoms with Crippen molar-refractivity contribution in [2.75, 3.05) is 24.9 Å². The number of carbonyl (C=O) groups is 2. The largest absolute Gasteiger partial charge is 0.496 e. The molecule has 1 saturated heterocycles. The number of ether oxygens (including phenoxy) is 1. The van der Waals surface area contributed by atoms with E-state index in [4.69, 9.17) is 9.84 Å². The van der Waals surface area contributed by atoms with E-state index in [-0.39, 0.29) is 27.6 Å². The van der Waals surface area contributed by atoms with Crippen LogP contribution in [0.5, 0.6) is 5.75 Å². The minimum atomic E-state index is -3.99. The van der Waals surface area contributed by atoms with Gasteiger partial charge in [0.2, 0.25) is 0 Å². The highest BCUT2D eigenvalue weighted by Crippen LogP contribution is 2.27. The molecule has 0 aliphatic carbocycles. The second kappa shape index (κ2) is 8.74. The van der Waals surface area contributed by atoms with E-state index in [0.29, 0.717) is 24.8 Å². The van der Waals surface area contributed by atoms with Crippen LogP contribution in [-0.4, -0.2) is 50.5 Å². The van der Waals surface area contributed by atoms with Gasteiger partial charge in [-0.05, 0) is 61.2 Å². The van der Waals surface area contributed by atoms with Gasteiger partial charge in [0.15, 0.2) is 0 Å². The minimum absolute atomic E-state index is 0.0473. The summed E-state index contributed by atoms with van der Waals surface area (Å²) in [6.45, 7) is 3.38. The molecule has 8 nitrogen and oxygen atoms in total. The molecule has 160 valence electrons. The van der Waals surface area contributed by atoms with Crippen molar-refractivity contribution in [3.63, 3.8) is 0 Å². The van der Waals surface area contributed by atoms with Crippen LogP contribution in [0.15, 0.2) is 47.4 Å². The first-order valence-corrected chi connectivity index (χ1v) is 11.0. The molecule has 0 saturated carbocycles. The number of sulfonamides is 1. The Balaban J connectivity index is 1.87. The Morgan fingerprint density at radius 1 is 1.10 bits per heavy atom. The number of hydrogen-bond donors (Lipinski definition) is 2. The Labute approximate surface area is 175 Å². The second-order valence-corrected chi connectivity index (χ2v) is 9.01. The molecule has 2 aromatic rings. The molecule has 0 atom stereocenters. The van der Waals surface area contributed by atoms with Crippen LogP contribution in [0.25, 0.3) is 0 Å². The lowest BCUT2D eigenvalue weighted by Gasteiger charge is -2.30. The first-order valence-electron chi connectivity index (χ1n) is 9.55. The smallest absolute Gasteiger partial charge is 0.335 e. The predicted molar refractivity (Wildman–Crippen MR) is 112 cm³/mol. The number of carbonyl (C=O) groups excluding carboxylic acids is 1. The third-order valence-corrected chi connectivity index (χ3v) is 6.55. The van der Waals surface area contributed by atoms with E-state index in [9.17, 15) is 18.0 Å². The van der Waals surface area contributed by atoms with E-state index in [0.717, 1.165) is 12.8 Å². The van der Waals surface area contributed by atoms with Gasteiger partial charge in [-0.3, -0.25) is 9.52 Å². The topological polar surface area (TPSA) is 113 Å². The summed E-state index contributed by atoms with van der Waals surface area (Å²) in [5.41, 5.74) is 0.455. The Hall–Kier alpha value is -3.07. The van der Waals surface area contributed by atoms with Crippen molar-refractivity contribution in [3.05, 3.63) is 53.6 Å². The Morgan fingerprint density at radius 3 is 2.30 bits per heavy atom. The summed E-state index contributed by atoms with van der Waals surface area (Å²) in [7, 11) is -2.56. The molecule has 0 aromatic heterocycles. The lowest BCUT2D eigenvalue weighted by molar-refractivity contribution is 0.0686. The second-order valence-electron chi connectivity index (χ2n) is 7.32. The molecule has 1 amide bonds. The van der Waals surface area contributed by atoms with Crippen molar-refractivity contribution < 1.29 is 27.9 Å². The normalized spacial score (nSPS) is 14.9. The van der Waals surface area contributed by atoms with Gasteiger partial charge in [-0.1, -0.05) is 6.92 Å². The lowest BCUT2D eigenvalue weighted by atomic mass is 9.98. The van der Waals surface area contributed by atoms with E-state index in [2.05, 4.69) is 11.6 Å². The lowest BCUT2D eigenvalue weighted by Crippen LogP contribution is -2.38. The molecule has 2 aromatic carbocycles. The van der Waals surface area contributed by atoms with E-state index in [1.807, 2.05) is 0 Å². The number of aromatic carboxylic acids is 1. The maximum atomic E-state index is 13.0. The molecule has 30 heavy (non-hydrogen) atoms. The molecule has 0 spiro atoms. The molecule has 1 aliphatic rings. The zero-order chi connectivity index (χ0) is 21.9. The van der Waals surface area contributed by atoms with Gasteiger partial charge in [0.25, 0.3) is 15.9 Å². The number of carboxylic acids is 1. The molecule has 1 aliphatic heterocycles. The standard InChI is InChI=1S/C21H24N2O6S/c1-14-9-11-23(12-10-14)20(24)18-13-17(7-8-19(18)29-2)30(27,28)22-16-5-3-15(4-6-16)21(25)26/h3-8,13-14,22H,9-12H2,1-2H3,(H,25,26). The highest BCUT2D eigenvalue weighted by Gasteiger charge is 2.26. The van der Waals surface area contributed by atoms with Crippen LogP contribution in [0.2, 0.25) is 0 Å². The van der Waals surface area contributed by atoms with E-state index in [1.165, 1.54) is 49.6 Å². The summed E-state index contributed by atoms with van der Waals surface area (Å²) < 4.78 is 33.3. The first kappa shape index (κ1) is 21.6. The summed E-state index contributed by atoms with van der Waals surface area (Å²) in [5, 5.41) is 8.95. The van der Waals surface area contributed by atoms with Crippen molar-refractivity contribution >= 4 is 27.6 Å². The maximum Gasteiger partial charge on any atom is 0.335 e. The SMILES string of the molecule is COc1ccc(S(=O)(=O)Nc2ccc(C(=O)O)cc2)cc1C(=O)N1CCC(C)CC1. The number of amides is 1. The molecule has 1 heterocycles. The number of carboxylic acid groups (broad SMARTS) is 1. The first-order chi connectivity index (χ1) is 14.2. The summed E-state index contributed by atoms with van der Waals surface area (Å²) in [4.78, 5) is 25.6. The zero-order valence-corrected chi connectivity index (χ0v) is 17.6. The number of nitrogens with zero attached hydrogens (tertiary/aromatic N) is 1. The average Bonchev–Trinajstić information content (AvgIpc) is 2.73. The number of rotatable bonds is 6. The monoisotopic (exact) mass is 432 g/mol. The fourth-order valence-electron chi connectivity index (χ4n) is 3.30. The van der Waals surface area contributed by atoms with Crippen LogP contribution >= 0.6 is 0 Å². The highest BCUT2D eigenvalue weighted by molar-refractivity contribution is 7.92. The van der Waals surface area contributed by atoms with Gasteiger partial charge >= 0.3 is 5.97 Å². The van der Waals surface area contributed by atoms with Gasteiger partial charge in [-0.15, -0.1) is 0 Å². The molecule has 9 heteroatoms. The number of anilines is 1. The molecule has 0 unspecified atom stereocenters. The van der Waals surface area contributed by atoms with Crippen molar-refractivity contribution in [2.24, 2.45) is 5.92 Å². The summed E-state index contributed by atoms with van der Waals surface area (Å²) in [6, 6.07) is 9.48. The van der Waals surface area contributed by atoms with Crippen LogP contribution in [0, 0.1) is 5.92 Å². The summed E-state index contributed by atoms with van der Waals surface area (Å²) in [5.74, 6) is -0.501. The van der Waals surface area contributed by atoms with Crippen LogP contribution in [0.1, 0.15) is 40.5 Å². The fraction of sp³-hybridized carbons (Fsp3) is 0.333. The van der Waals surface area contributed by atoms with Gasteiger partial charge in [-0.25, -0.2) is 13.2 Å². The Kier molecular flexibility index (Phi) is 6.31. The van der Waals surface area contributed by atoms with Crippen molar-refractivity contribution in [3.8, 4) is 5.75 Å². The van der Waals surface area contributed by atoms with Crippen LogP contribution in [0.3, 0.4) is 0 Å². The van der Waals surface area contributed by atoms with Crippen LogP contribution in [0.4, 0.5) is 5.69 Å². The van der Waals surface area contributed by atoms with Gasteiger partial charge in [0.1, 0.15) is 5.75 Å². The van der Waals surface area contributed by atoms with Gasteiger partial charge < -0.3 is 14.7 Å². The molecule has 1 fully saturated rings. The summed E-state index contributed by atoms with van der Waals surface area (Å²) >= 11 is 0. The van der Waals surface area contributed by atoms with E-state index >= 15 is 0 Å². The number of benzene rings is 2. The molecule has 3 rings (SSSR count). The predicted octanol–water partition coefficient (Wildman–Crippen LogP) is 3.07. The van der Waals surface area contributed by atoms with Crippen LogP contribution < -0.4 is 9.46 Å². The molecule has 0 bridgehead atoms. The zero-order valence-electron chi connectivity index (χ0n) is 16.8. The third kappa shape index (κ3) is 4.73. The number of likely N-dealkylation sites (tertiary alicyclic amines) is 1. The maximum absolute atomic E-state index is 13.0. The van der Waals surface area contributed by atoms with Gasteiger partial charge in [0.05, 0.1) is 23.1 Å². The number of nitrogens with one attached hydrogen (secondary N) is 1. The van der Waals surface area contributed by atoms with E-state index < -0.39 is 16.0 Å². The quantitative estimate of drug-likeness (QED) is 0.725. The average molecular weight is 432 g/mol. The van der Waals surface area contributed by atoms with Gasteiger partial charge in [-0.2, -0.15) is 0 Å².